The van der Waals surface area contributed by atoms with E-state index >= 15 is 0 Å². The summed E-state index contributed by atoms with van der Waals surface area (Å²) in [7, 11) is 1.65. The number of pyridine rings is 1. The number of para-hydroxylation sites is 1. The number of halogens is 1. The summed E-state index contributed by atoms with van der Waals surface area (Å²) >= 11 is 6.31. The Kier molecular flexibility index (Phi) is 3.80. The average Bonchev–Trinajstić information content (AvgIpc) is 2.87. The lowest BCUT2D eigenvalue weighted by Crippen LogP contribution is -2.05. The van der Waals surface area contributed by atoms with Crippen molar-refractivity contribution in [1.82, 2.24) is 14.5 Å². The molecule has 0 saturated heterocycles. The highest BCUT2D eigenvalue weighted by Crippen LogP contribution is 2.30. The monoisotopic (exact) mass is 301 g/mol. The summed E-state index contributed by atoms with van der Waals surface area (Å²) in [5.74, 6) is 1.60. The van der Waals surface area contributed by atoms with Crippen molar-refractivity contribution in [3.63, 3.8) is 0 Å². The van der Waals surface area contributed by atoms with Gasteiger partial charge in [0, 0.05) is 18.9 Å². The molecule has 0 amide bonds. The number of imidazole rings is 1. The van der Waals surface area contributed by atoms with Crippen molar-refractivity contribution in [2.45, 2.75) is 18.8 Å². The molecule has 4 nitrogen and oxygen atoms in total. The smallest absolute Gasteiger partial charge is 0.146 e. The van der Waals surface area contributed by atoms with E-state index in [1.54, 1.807) is 19.5 Å². The molecular formula is C16H16ClN3O. The summed E-state index contributed by atoms with van der Waals surface area (Å²) in [5, 5.41) is -0.177. The molecule has 0 saturated carbocycles. The maximum absolute atomic E-state index is 6.31. The predicted octanol–water partition coefficient (Wildman–Crippen LogP) is 3.79. The topological polar surface area (TPSA) is 39.9 Å². The van der Waals surface area contributed by atoms with Crippen LogP contribution in [-0.4, -0.2) is 21.6 Å². The molecule has 108 valence electrons. The maximum atomic E-state index is 6.31. The first kappa shape index (κ1) is 13.9. The third-order valence-electron chi connectivity index (χ3n) is 3.44. The van der Waals surface area contributed by atoms with Crippen molar-refractivity contribution >= 4 is 22.6 Å². The second-order valence-corrected chi connectivity index (χ2v) is 5.51. The number of rotatable bonds is 4. The number of hydrogen-bond donors (Lipinski definition) is 0. The zero-order valence-corrected chi connectivity index (χ0v) is 12.7. The van der Waals surface area contributed by atoms with E-state index in [0.717, 1.165) is 28.2 Å². The molecule has 3 aromatic rings. The molecule has 0 N–H and O–H groups in total. The fourth-order valence-corrected chi connectivity index (χ4v) is 2.61. The summed E-state index contributed by atoms with van der Waals surface area (Å²) in [6, 6.07) is 9.90. The summed E-state index contributed by atoms with van der Waals surface area (Å²) < 4.78 is 7.53. The molecule has 21 heavy (non-hydrogen) atoms. The van der Waals surface area contributed by atoms with Crippen LogP contribution >= 0.6 is 11.6 Å². The Labute approximate surface area is 128 Å². The molecule has 5 heteroatoms. The van der Waals surface area contributed by atoms with Crippen LogP contribution < -0.4 is 4.74 Å². The zero-order chi connectivity index (χ0) is 14.8. The summed E-state index contributed by atoms with van der Waals surface area (Å²) in [6.45, 7) is 2.64. The van der Waals surface area contributed by atoms with Gasteiger partial charge in [-0.1, -0.05) is 6.07 Å². The Balaban J connectivity index is 2.17. The molecule has 0 radical (unpaired) electrons. The van der Waals surface area contributed by atoms with E-state index in [1.165, 1.54) is 0 Å². The summed E-state index contributed by atoms with van der Waals surface area (Å²) in [5.41, 5.74) is 3.02. The van der Waals surface area contributed by atoms with Gasteiger partial charge in [0.25, 0.3) is 0 Å². The maximum Gasteiger partial charge on any atom is 0.146 e. The number of ether oxygens (including phenoxy) is 1. The Morgan fingerprint density at radius 3 is 2.67 bits per heavy atom. The lowest BCUT2D eigenvalue weighted by molar-refractivity contribution is 0.419. The molecule has 0 spiro atoms. The van der Waals surface area contributed by atoms with E-state index in [9.17, 15) is 0 Å². The van der Waals surface area contributed by atoms with Crippen LogP contribution in [-0.2, 0) is 6.54 Å². The van der Waals surface area contributed by atoms with Crippen molar-refractivity contribution in [2.24, 2.45) is 0 Å². The standard InChI is InChI=1S/C16H16ClN3O/c1-11(17)16-19-15-13(4-3-5-14(15)21-2)20(16)10-12-6-8-18-9-7-12/h3-9,11H,10H2,1-2H3. The van der Waals surface area contributed by atoms with Gasteiger partial charge >= 0.3 is 0 Å². The van der Waals surface area contributed by atoms with Crippen LogP contribution in [0.15, 0.2) is 42.7 Å². The molecule has 1 aromatic carbocycles. The first-order chi connectivity index (χ1) is 10.2. The Hall–Kier alpha value is -2.07. The highest BCUT2D eigenvalue weighted by Gasteiger charge is 2.17. The minimum Gasteiger partial charge on any atom is -0.494 e. The molecule has 0 aliphatic rings. The third-order valence-corrected chi connectivity index (χ3v) is 3.63. The van der Waals surface area contributed by atoms with E-state index in [-0.39, 0.29) is 5.38 Å². The molecular weight excluding hydrogens is 286 g/mol. The highest BCUT2D eigenvalue weighted by molar-refractivity contribution is 6.20. The Morgan fingerprint density at radius 1 is 1.24 bits per heavy atom. The van der Waals surface area contributed by atoms with Crippen molar-refractivity contribution in [1.29, 1.82) is 0 Å². The average molecular weight is 302 g/mol. The lowest BCUT2D eigenvalue weighted by atomic mass is 10.2. The summed E-state index contributed by atoms with van der Waals surface area (Å²) in [6.07, 6.45) is 3.58. The normalized spacial score (nSPS) is 12.5. The zero-order valence-electron chi connectivity index (χ0n) is 12.0. The van der Waals surface area contributed by atoms with Gasteiger partial charge in [0.2, 0.25) is 0 Å². The van der Waals surface area contributed by atoms with Crippen LogP contribution in [0.4, 0.5) is 0 Å². The largest absolute Gasteiger partial charge is 0.494 e. The first-order valence-corrected chi connectivity index (χ1v) is 7.20. The van der Waals surface area contributed by atoms with Gasteiger partial charge in [-0.05, 0) is 36.8 Å². The van der Waals surface area contributed by atoms with Gasteiger partial charge in [0.05, 0.1) is 18.0 Å². The van der Waals surface area contributed by atoms with Gasteiger partial charge in [-0.2, -0.15) is 0 Å². The molecule has 1 unspecified atom stereocenters. The van der Waals surface area contributed by atoms with Gasteiger partial charge in [-0.15, -0.1) is 11.6 Å². The number of methoxy groups -OCH3 is 1. The number of hydrogen-bond acceptors (Lipinski definition) is 3. The molecule has 0 aliphatic carbocycles. The van der Waals surface area contributed by atoms with Gasteiger partial charge in [-0.3, -0.25) is 4.98 Å². The van der Waals surface area contributed by atoms with Gasteiger partial charge in [0.15, 0.2) is 0 Å². The van der Waals surface area contributed by atoms with Crippen molar-refractivity contribution in [3.8, 4) is 5.75 Å². The first-order valence-electron chi connectivity index (χ1n) is 6.77. The van der Waals surface area contributed by atoms with Crippen LogP contribution in [0.25, 0.3) is 11.0 Å². The second-order valence-electron chi connectivity index (χ2n) is 4.86. The Bertz CT molecular complexity index is 753. The summed E-state index contributed by atoms with van der Waals surface area (Å²) in [4.78, 5) is 8.72. The second kappa shape index (κ2) is 5.74. The fourth-order valence-electron chi connectivity index (χ4n) is 2.44. The lowest BCUT2D eigenvalue weighted by Gasteiger charge is -2.10. The Morgan fingerprint density at radius 2 is 2.00 bits per heavy atom. The number of nitrogens with zero attached hydrogens (tertiary/aromatic N) is 3. The van der Waals surface area contributed by atoms with E-state index < -0.39 is 0 Å². The molecule has 0 bridgehead atoms. The van der Waals surface area contributed by atoms with Crippen molar-refractivity contribution < 1.29 is 4.74 Å². The van der Waals surface area contributed by atoms with Crippen molar-refractivity contribution in [2.75, 3.05) is 7.11 Å². The van der Waals surface area contributed by atoms with Crippen LogP contribution in [0.5, 0.6) is 5.75 Å². The number of alkyl halides is 1. The SMILES string of the molecule is COc1cccc2c1nc(C(C)Cl)n2Cc1ccncc1. The minimum absolute atomic E-state index is 0.177. The predicted molar refractivity (Wildman–Crippen MR) is 83.9 cm³/mol. The highest BCUT2D eigenvalue weighted by atomic mass is 35.5. The molecule has 0 aliphatic heterocycles. The van der Waals surface area contributed by atoms with Crippen LogP contribution in [0.1, 0.15) is 23.7 Å². The number of aromatic nitrogens is 3. The molecule has 3 rings (SSSR count). The van der Waals surface area contributed by atoms with E-state index in [1.807, 2.05) is 37.3 Å². The molecule has 0 fully saturated rings. The fraction of sp³-hybridized carbons (Fsp3) is 0.250. The van der Waals surface area contributed by atoms with Gasteiger partial charge in [-0.25, -0.2) is 4.98 Å². The van der Waals surface area contributed by atoms with Gasteiger partial charge < -0.3 is 9.30 Å². The quantitative estimate of drug-likeness (QED) is 0.688. The van der Waals surface area contributed by atoms with E-state index in [4.69, 9.17) is 16.3 Å². The molecule has 1 atom stereocenters. The van der Waals surface area contributed by atoms with Crippen LogP contribution in [0.2, 0.25) is 0 Å². The minimum atomic E-state index is -0.177. The third kappa shape index (κ3) is 2.59. The molecule has 2 aromatic heterocycles. The van der Waals surface area contributed by atoms with E-state index in [2.05, 4.69) is 14.5 Å². The van der Waals surface area contributed by atoms with Crippen LogP contribution in [0.3, 0.4) is 0 Å². The van der Waals surface area contributed by atoms with Crippen LogP contribution in [0, 0.1) is 0 Å². The van der Waals surface area contributed by atoms with Crippen molar-refractivity contribution in [3.05, 3.63) is 54.1 Å². The van der Waals surface area contributed by atoms with Gasteiger partial charge in [0.1, 0.15) is 17.1 Å². The van der Waals surface area contributed by atoms with E-state index in [0.29, 0.717) is 6.54 Å². The number of benzene rings is 1. The molecule has 2 heterocycles. The number of fused-ring (bicyclic) bond motifs is 1.